The van der Waals surface area contributed by atoms with E-state index in [1.165, 1.54) is 77.1 Å². The molecule has 2 atom stereocenters. The van der Waals surface area contributed by atoms with Gasteiger partial charge in [0.05, 0.1) is 6.61 Å². The molecule has 0 aromatic rings. The zero-order valence-electron chi connectivity index (χ0n) is 19.1. The van der Waals surface area contributed by atoms with Crippen LogP contribution in [0.2, 0.25) is 0 Å². The molecule has 28 heavy (non-hydrogen) atoms. The van der Waals surface area contributed by atoms with E-state index in [1.54, 1.807) is 0 Å². The molecule has 0 saturated heterocycles. The maximum atomic E-state index is 12.4. The molecular formula is C21H46NO4PS. The Hall–Kier alpha value is 0.420. The second-order valence-corrected chi connectivity index (χ2v) is 10.6. The van der Waals surface area contributed by atoms with Crippen molar-refractivity contribution >= 4 is 19.6 Å². The average molecular weight is 440 g/mol. The van der Waals surface area contributed by atoms with Crippen molar-refractivity contribution in [3.8, 4) is 0 Å². The molecular weight excluding hydrogens is 393 g/mol. The molecule has 0 aliphatic heterocycles. The highest BCUT2D eigenvalue weighted by molar-refractivity contribution is 7.99. The van der Waals surface area contributed by atoms with E-state index >= 15 is 0 Å². The molecule has 0 radical (unpaired) electrons. The van der Waals surface area contributed by atoms with Crippen molar-refractivity contribution in [2.24, 2.45) is 5.92 Å². The smallest absolute Gasteiger partial charge is 0.290 e. The van der Waals surface area contributed by atoms with Gasteiger partial charge in [0.15, 0.2) is 0 Å². The maximum absolute atomic E-state index is 12.4. The van der Waals surface area contributed by atoms with E-state index in [2.05, 4.69) is 13.8 Å². The van der Waals surface area contributed by atoms with Crippen molar-refractivity contribution < 1.29 is 18.1 Å². The highest BCUT2D eigenvalue weighted by Gasteiger charge is 2.26. The van der Waals surface area contributed by atoms with Gasteiger partial charge in [-0.05, 0) is 37.4 Å². The van der Waals surface area contributed by atoms with Gasteiger partial charge < -0.3 is 0 Å². The molecule has 7 heteroatoms. The van der Waals surface area contributed by atoms with Crippen LogP contribution < -0.4 is 0 Å². The highest BCUT2D eigenvalue weighted by Crippen LogP contribution is 2.48. The molecule has 2 unspecified atom stereocenters. The predicted molar refractivity (Wildman–Crippen MR) is 123 cm³/mol. The molecule has 0 aromatic carbocycles. The Morgan fingerprint density at radius 2 is 1.50 bits per heavy atom. The lowest BCUT2D eigenvalue weighted by molar-refractivity contribution is 0.0760. The molecule has 0 aliphatic rings. The maximum Gasteiger partial charge on any atom is 0.475 e. The summed E-state index contributed by atoms with van der Waals surface area (Å²) >= 11 is 1.96. The van der Waals surface area contributed by atoms with E-state index in [9.17, 15) is 4.57 Å². The van der Waals surface area contributed by atoms with Crippen LogP contribution in [-0.2, 0) is 18.1 Å². The van der Waals surface area contributed by atoms with E-state index in [1.807, 2.05) is 30.6 Å². The standard InChI is InChI=1S/C21H46NO4PS/c1-6-8-9-10-11-12-13-14-15-16-17-28-19-21(3)18-25-27(23,24-5)26-20-22(4)7-2/h21H,6-20H2,1-5H3. The van der Waals surface area contributed by atoms with Gasteiger partial charge in [-0.15, -0.1) is 0 Å². The summed E-state index contributed by atoms with van der Waals surface area (Å²) in [4.78, 5) is 1.90. The minimum Gasteiger partial charge on any atom is -0.290 e. The largest absolute Gasteiger partial charge is 0.475 e. The average Bonchev–Trinajstić information content (AvgIpc) is 2.71. The van der Waals surface area contributed by atoms with E-state index in [0.29, 0.717) is 12.5 Å². The minimum absolute atomic E-state index is 0.240. The molecule has 0 rings (SSSR count). The van der Waals surface area contributed by atoms with Crippen LogP contribution in [0.15, 0.2) is 0 Å². The van der Waals surface area contributed by atoms with Gasteiger partial charge in [0.2, 0.25) is 0 Å². The third-order valence-electron chi connectivity index (χ3n) is 4.76. The van der Waals surface area contributed by atoms with Gasteiger partial charge in [-0.25, -0.2) is 4.57 Å². The van der Waals surface area contributed by atoms with Crippen LogP contribution in [0.4, 0.5) is 0 Å². The van der Waals surface area contributed by atoms with Gasteiger partial charge in [0.1, 0.15) is 6.73 Å². The summed E-state index contributed by atoms with van der Waals surface area (Å²) in [6, 6.07) is 0. The highest BCUT2D eigenvalue weighted by atomic mass is 32.2. The second kappa shape index (κ2) is 19.4. The first kappa shape index (κ1) is 28.4. The van der Waals surface area contributed by atoms with Crippen molar-refractivity contribution in [2.45, 2.75) is 85.0 Å². The monoisotopic (exact) mass is 439 g/mol. The number of phosphoric ester groups is 1. The zero-order chi connectivity index (χ0) is 21.1. The molecule has 0 heterocycles. The van der Waals surface area contributed by atoms with E-state index in [0.717, 1.165) is 12.3 Å². The third kappa shape index (κ3) is 17.3. The van der Waals surface area contributed by atoms with Gasteiger partial charge >= 0.3 is 7.82 Å². The Kier molecular flexibility index (Phi) is 19.7. The van der Waals surface area contributed by atoms with Crippen molar-refractivity contribution in [1.82, 2.24) is 4.90 Å². The molecule has 0 N–H and O–H groups in total. The molecule has 0 aliphatic carbocycles. The van der Waals surface area contributed by atoms with Crippen LogP contribution in [0.25, 0.3) is 0 Å². The molecule has 0 aromatic heterocycles. The number of hydrogen-bond acceptors (Lipinski definition) is 6. The molecule has 5 nitrogen and oxygen atoms in total. The Morgan fingerprint density at radius 3 is 2.04 bits per heavy atom. The van der Waals surface area contributed by atoms with E-state index in [4.69, 9.17) is 13.6 Å². The molecule has 0 saturated carbocycles. The summed E-state index contributed by atoms with van der Waals surface area (Å²) in [5, 5.41) is 0. The van der Waals surface area contributed by atoms with Crippen molar-refractivity contribution in [3.63, 3.8) is 0 Å². The lowest BCUT2D eigenvalue weighted by Gasteiger charge is -2.21. The fraction of sp³-hybridized carbons (Fsp3) is 1.00. The van der Waals surface area contributed by atoms with Crippen LogP contribution in [-0.4, -0.2) is 50.4 Å². The number of thioether (sulfide) groups is 1. The summed E-state index contributed by atoms with van der Waals surface area (Å²) in [7, 11) is -0.174. The fourth-order valence-corrected chi connectivity index (χ4v) is 4.78. The summed E-state index contributed by atoms with van der Waals surface area (Å²) in [5.41, 5.74) is 0. The molecule has 0 amide bonds. The lowest BCUT2D eigenvalue weighted by Crippen LogP contribution is -2.21. The first-order chi connectivity index (χ1) is 13.5. The third-order valence-corrected chi connectivity index (χ3v) is 7.49. The summed E-state index contributed by atoms with van der Waals surface area (Å²) in [6.07, 6.45) is 13.8. The predicted octanol–water partition coefficient (Wildman–Crippen LogP) is 6.97. The number of nitrogens with zero attached hydrogens (tertiary/aromatic N) is 1. The first-order valence-electron chi connectivity index (χ1n) is 11.2. The van der Waals surface area contributed by atoms with Crippen molar-refractivity contribution in [1.29, 1.82) is 0 Å². The van der Waals surface area contributed by atoms with Gasteiger partial charge in [0, 0.05) is 7.11 Å². The van der Waals surface area contributed by atoms with Gasteiger partial charge in [0.25, 0.3) is 0 Å². The normalized spacial score (nSPS) is 15.1. The fourth-order valence-electron chi connectivity index (χ4n) is 2.65. The summed E-state index contributed by atoms with van der Waals surface area (Å²) in [6.45, 7) is 7.84. The zero-order valence-corrected chi connectivity index (χ0v) is 20.8. The minimum atomic E-state index is -3.44. The van der Waals surface area contributed by atoms with Crippen LogP contribution in [0.3, 0.4) is 0 Å². The SMILES string of the molecule is CCCCCCCCCCCCSCC(C)COP(=O)(OC)OCN(C)CC. The van der Waals surface area contributed by atoms with Gasteiger partial charge in [-0.2, -0.15) is 11.8 Å². The van der Waals surface area contributed by atoms with Crippen molar-refractivity contribution in [3.05, 3.63) is 0 Å². The van der Waals surface area contributed by atoms with Crippen LogP contribution >= 0.6 is 19.6 Å². The van der Waals surface area contributed by atoms with E-state index < -0.39 is 7.82 Å². The summed E-state index contributed by atoms with van der Waals surface area (Å²) < 4.78 is 28.2. The van der Waals surface area contributed by atoms with Gasteiger partial charge in [-0.1, -0.05) is 78.6 Å². The second-order valence-electron chi connectivity index (χ2n) is 7.72. The number of hydrogen-bond donors (Lipinski definition) is 0. The molecule has 0 fully saturated rings. The van der Waals surface area contributed by atoms with Crippen LogP contribution in [0, 0.1) is 5.92 Å². The molecule has 170 valence electrons. The van der Waals surface area contributed by atoms with Crippen molar-refractivity contribution in [2.75, 3.05) is 45.5 Å². The van der Waals surface area contributed by atoms with E-state index in [-0.39, 0.29) is 6.73 Å². The molecule has 0 spiro atoms. The van der Waals surface area contributed by atoms with Crippen LogP contribution in [0.5, 0.6) is 0 Å². The Morgan fingerprint density at radius 1 is 0.929 bits per heavy atom. The number of unbranched alkanes of at least 4 members (excludes halogenated alkanes) is 9. The van der Waals surface area contributed by atoms with Crippen LogP contribution in [0.1, 0.15) is 85.0 Å². The lowest BCUT2D eigenvalue weighted by atomic mass is 10.1. The Balaban J connectivity index is 3.58. The molecule has 0 bridgehead atoms. The number of rotatable bonds is 21. The summed E-state index contributed by atoms with van der Waals surface area (Å²) in [5.74, 6) is 2.53. The quantitative estimate of drug-likeness (QED) is 0.109. The first-order valence-corrected chi connectivity index (χ1v) is 13.8. The number of phosphoric acid groups is 1. The Bertz CT molecular complexity index is 387. The topological polar surface area (TPSA) is 48.0 Å². The Labute approximate surface area is 179 Å². The van der Waals surface area contributed by atoms with Gasteiger partial charge in [-0.3, -0.25) is 18.5 Å².